The van der Waals surface area contributed by atoms with Crippen LogP contribution in [0.4, 0.5) is 5.82 Å². The largest absolute Gasteiger partial charge is 0.389 e. The summed E-state index contributed by atoms with van der Waals surface area (Å²) in [4.78, 5) is 7.86. The summed E-state index contributed by atoms with van der Waals surface area (Å²) in [6.45, 7) is 0.709. The maximum atomic E-state index is 10.6. The van der Waals surface area contributed by atoms with E-state index in [1.54, 1.807) is 6.07 Å². The number of fused-ring (bicyclic) bond motifs is 3. The van der Waals surface area contributed by atoms with Gasteiger partial charge >= 0.3 is 0 Å². The first kappa shape index (κ1) is 19.9. The number of anilines is 1. The van der Waals surface area contributed by atoms with Crippen molar-refractivity contribution >= 4 is 82.7 Å². The molecule has 0 aliphatic rings. The molecule has 4 aromatic rings. The molecule has 9 heteroatoms. The van der Waals surface area contributed by atoms with Crippen LogP contribution in [0.1, 0.15) is 0 Å². The van der Waals surface area contributed by atoms with Crippen molar-refractivity contribution in [1.29, 1.82) is 0 Å². The van der Waals surface area contributed by atoms with Gasteiger partial charge in [0.1, 0.15) is 11.0 Å². The Morgan fingerprint density at radius 2 is 1.57 bits per heavy atom. The zero-order valence-electron chi connectivity index (χ0n) is 14.3. The van der Waals surface area contributed by atoms with E-state index in [0.29, 0.717) is 12.4 Å². The lowest BCUT2D eigenvalue weighted by Gasteiger charge is -2.15. The molecule has 0 aliphatic carbocycles. The highest BCUT2D eigenvalue weighted by Crippen LogP contribution is 2.33. The van der Waals surface area contributed by atoms with Crippen molar-refractivity contribution in [1.82, 2.24) is 14.5 Å². The third kappa shape index (κ3) is 4.14. The van der Waals surface area contributed by atoms with E-state index in [4.69, 9.17) is 23.2 Å². The number of aliphatic hydroxyl groups is 1. The number of nitrogens with one attached hydrogen (secondary N) is 1. The van der Waals surface area contributed by atoms with E-state index in [-0.39, 0.29) is 17.0 Å². The van der Waals surface area contributed by atoms with Crippen LogP contribution >= 0.6 is 55.1 Å². The van der Waals surface area contributed by atoms with Crippen molar-refractivity contribution in [3.05, 3.63) is 61.8 Å². The fourth-order valence-electron chi connectivity index (χ4n) is 3.22. The van der Waals surface area contributed by atoms with Gasteiger partial charge in [-0.3, -0.25) is 0 Å². The number of nitrogens with zero attached hydrogens (tertiary/aromatic N) is 3. The SMILES string of the molecule is OC(CNc1cc(Cl)nc(Cl)n1)Cn1c2ccc(Br)cc2c2cc(Br)ccc21. The second-order valence-corrected chi connectivity index (χ2v) is 8.87. The van der Waals surface area contributed by atoms with Gasteiger partial charge in [0.2, 0.25) is 5.28 Å². The average molecular weight is 545 g/mol. The van der Waals surface area contributed by atoms with Crippen molar-refractivity contribution in [2.75, 3.05) is 11.9 Å². The minimum Gasteiger partial charge on any atom is -0.389 e. The molecule has 144 valence electrons. The highest BCUT2D eigenvalue weighted by Gasteiger charge is 2.15. The summed E-state index contributed by atoms with van der Waals surface area (Å²) in [6.07, 6.45) is -0.654. The fraction of sp³-hybridized carbons (Fsp3) is 0.158. The number of hydrogen-bond acceptors (Lipinski definition) is 4. The predicted octanol–water partition coefficient (Wildman–Crippen LogP) is 5.89. The summed E-state index contributed by atoms with van der Waals surface area (Å²) in [5, 5.41) is 16.2. The molecule has 0 amide bonds. The Morgan fingerprint density at radius 3 is 2.14 bits per heavy atom. The number of halogens is 4. The lowest BCUT2D eigenvalue weighted by Crippen LogP contribution is -2.25. The Balaban J connectivity index is 1.63. The summed E-state index contributed by atoms with van der Waals surface area (Å²) in [7, 11) is 0. The van der Waals surface area contributed by atoms with Crippen LogP contribution in [-0.2, 0) is 6.54 Å². The normalized spacial score (nSPS) is 12.6. The standard InChI is InChI=1S/C19H14Br2Cl2N4O/c20-10-1-3-15-13(5-10)14-6-11(21)2-4-16(14)27(15)9-12(28)8-24-18-7-17(22)25-19(23)26-18/h1-7,12,28H,8-9H2,(H,24,25,26). The lowest BCUT2D eigenvalue weighted by atomic mass is 10.2. The monoisotopic (exact) mass is 542 g/mol. The lowest BCUT2D eigenvalue weighted by molar-refractivity contribution is 0.169. The molecular formula is C19H14Br2Cl2N4O. The van der Waals surface area contributed by atoms with Gasteiger partial charge in [0.25, 0.3) is 0 Å². The van der Waals surface area contributed by atoms with E-state index >= 15 is 0 Å². The van der Waals surface area contributed by atoms with Crippen LogP contribution in [0.25, 0.3) is 21.8 Å². The van der Waals surface area contributed by atoms with E-state index in [1.807, 2.05) is 12.1 Å². The van der Waals surface area contributed by atoms with E-state index in [1.165, 1.54) is 0 Å². The van der Waals surface area contributed by atoms with Crippen LogP contribution in [0.5, 0.6) is 0 Å². The zero-order chi connectivity index (χ0) is 19.8. The maximum Gasteiger partial charge on any atom is 0.225 e. The third-order valence-corrected chi connectivity index (χ3v) is 5.72. The smallest absolute Gasteiger partial charge is 0.225 e. The van der Waals surface area contributed by atoms with Crippen molar-refractivity contribution in [3.8, 4) is 0 Å². The summed E-state index contributed by atoms with van der Waals surface area (Å²) < 4.78 is 4.15. The molecule has 0 spiro atoms. The number of rotatable bonds is 5. The summed E-state index contributed by atoms with van der Waals surface area (Å²) in [5.74, 6) is 0.471. The first-order valence-corrected chi connectivity index (χ1v) is 10.7. The average Bonchev–Trinajstić information content (AvgIpc) is 2.92. The Kier molecular flexibility index (Phi) is 5.81. The van der Waals surface area contributed by atoms with Gasteiger partial charge in [0.05, 0.1) is 12.6 Å². The minimum absolute atomic E-state index is 0.0584. The highest BCUT2D eigenvalue weighted by molar-refractivity contribution is 9.10. The number of benzene rings is 2. The molecule has 1 atom stereocenters. The number of aromatic nitrogens is 3. The molecule has 1 unspecified atom stereocenters. The van der Waals surface area contributed by atoms with Crippen LogP contribution in [0.2, 0.25) is 10.4 Å². The molecule has 2 aromatic carbocycles. The van der Waals surface area contributed by atoms with Gasteiger partial charge in [-0.05, 0) is 48.0 Å². The fourth-order valence-corrected chi connectivity index (χ4v) is 4.35. The van der Waals surface area contributed by atoms with Crippen LogP contribution in [0.3, 0.4) is 0 Å². The molecule has 4 rings (SSSR count). The number of hydrogen-bond donors (Lipinski definition) is 2. The molecular weight excluding hydrogens is 531 g/mol. The van der Waals surface area contributed by atoms with Gasteiger partial charge in [-0.25, -0.2) is 9.97 Å². The Hall–Kier alpha value is -1.38. The van der Waals surface area contributed by atoms with Gasteiger partial charge in [-0.15, -0.1) is 0 Å². The summed E-state index contributed by atoms with van der Waals surface area (Å²) in [6, 6.07) is 13.9. The van der Waals surface area contributed by atoms with Crippen LogP contribution < -0.4 is 5.32 Å². The minimum atomic E-state index is -0.654. The summed E-state index contributed by atoms with van der Waals surface area (Å²) >= 11 is 18.8. The van der Waals surface area contributed by atoms with E-state index in [2.05, 4.69) is 76.0 Å². The molecule has 0 fully saturated rings. The first-order chi connectivity index (χ1) is 13.4. The van der Waals surface area contributed by atoms with Crippen molar-refractivity contribution in [2.24, 2.45) is 0 Å². The molecule has 0 saturated carbocycles. The van der Waals surface area contributed by atoms with Gasteiger partial charge in [-0.2, -0.15) is 0 Å². The maximum absolute atomic E-state index is 10.6. The van der Waals surface area contributed by atoms with Gasteiger partial charge in [-0.1, -0.05) is 43.5 Å². The van der Waals surface area contributed by atoms with E-state index < -0.39 is 6.10 Å². The molecule has 28 heavy (non-hydrogen) atoms. The van der Waals surface area contributed by atoms with Crippen LogP contribution in [-0.4, -0.2) is 32.3 Å². The molecule has 5 nitrogen and oxygen atoms in total. The second kappa shape index (κ2) is 8.16. The number of aliphatic hydroxyl groups excluding tert-OH is 1. The molecule has 2 aromatic heterocycles. The third-order valence-electron chi connectivity index (χ3n) is 4.37. The molecule has 0 radical (unpaired) electrons. The van der Waals surface area contributed by atoms with Crippen LogP contribution in [0, 0.1) is 0 Å². The van der Waals surface area contributed by atoms with E-state index in [0.717, 1.165) is 30.8 Å². The summed E-state index contributed by atoms with van der Waals surface area (Å²) in [5.41, 5.74) is 2.12. The van der Waals surface area contributed by atoms with Gasteiger partial charge in [0, 0.05) is 43.4 Å². The molecule has 2 heterocycles. The molecule has 0 saturated heterocycles. The van der Waals surface area contributed by atoms with Gasteiger partial charge in [0.15, 0.2) is 0 Å². The predicted molar refractivity (Wildman–Crippen MR) is 121 cm³/mol. The van der Waals surface area contributed by atoms with E-state index in [9.17, 15) is 5.11 Å². The van der Waals surface area contributed by atoms with Crippen molar-refractivity contribution in [2.45, 2.75) is 12.6 Å². The Morgan fingerprint density at radius 1 is 0.964 bits per heavy atom. The molecule has 2 N–H and O–H groups in total. The van der Waals surface area contributed by atoms with Crippen molar-refractivity contribution in [3.63, 3.8) is 0 Å². The first-order valence-electron chi connectivity index (χ1n) is 8.40. The zero-order valence-corrected chi connectivity index (χ0v) is 19.0. The van der Waals surface area contributed by atoms with Crippen LogP contribution in [0.15, 0.2) is 51.4 Å². The quantitative estimate of drug-likeness (QED) is 0.243. The Bertz CT molecular complexity index is 1100. The highest BCUT2D eigenvalue weighted by atomic mass is 79.9. The molecule has 0 aliphatic heterocycles. The van der Waals surface area contributed by atoms with Gasteiger partial charge < -0.3 is 15.0 Å². The van der Waals surface area contributed by atoms with Crippen molar-refractivity contribution < 1.29 is 5.11 Å². The second-order valence-electron chi connectivity index (χ2n) is 6.31. The Labute approximate surface area is 187 Å². The molecule has 0 bridgehead atoms. The topological polar surface area (TPSA) is 63.0 Å².